The first kappa shape index (κ1) is 24.1. The van der Waals surface area contributed by atoms with Crippen LogP contribution in [-0.4, -0.2) is 38.6 Å². The molecule has 9 nitrogen and oxygen atoms in total. The number of carbonyl (C=O) groups excluding carboxylic acids is 2. The molecule has 5 rings (SSSR count). The molecule has 1 atom stereocenters. The zero-order chi connectivity index (χ0) is 25.9. The number of hydrogen-bond donors (Lipinski definition) is 4. The number of benzene rings is 2. The molecule has 2 aromatic heterocycles. The molecule has 1 unspecified atom stereocenters. The van der Waals surface area contributed by atoms with E-state index >= 15 is 0 Å². The van der Waals surface area contributed by atoms with Crippen molar-refractivity contribution in [2.24, 2.45) is 5.73 Å². The van der Waals surface area contributed by atoms with Gasteiger partial charge in [0.15, 0.2) is 0 Å². The van der Waals surface area contributed by atoms with Crippen molar-refractivity contribution in [1.29, 1.82) is 0 Å². The van der Waals surface area contributed by atoms with E-state index in [1.165, 1.54) is 0 Å². The van der Waals surface area contributed by atoms with Crippen molar-refractivity contribution in [2.75, 3.05) is 17.2 Å². The normalized spacial score (nSPS) is 15.0. The zero-order valence-electron chi connectivity index (χ0n) is 20.8. The SMILES string of the molecule is Cc1cc(Nc2[nH]nc(-c3ccc(NC(=O)N4CCCC4c4ccccc4)cc3)c2C(N)=O)cc(C)n1. The van der Waals surface area contributed by atoms with Crippen molar-refractivity contribution in [1.82, 2.24) is 20.1 Å². The Morgan fingerprint density at radius 3 is 2.38 bits per heavy atom. The van der Waals surface area contributed by atoms with Gasteiger partial charge in [-0.1, -0.05) is 42.5 Å². The second kappa shape index (κ2) is 10.1. The lowest BCUT2D eigenvalue weighted by molar-refractivity contribution is 0.100. The van der Waals surface area contributed by atoms with Gasteiger partial charge in [-0.3, -0.25) is 14.9 Å². The predicted molar refractivity (Wildman–Crippen MR) is 144 cm³/mol. The summed E-state index contributed by atoms with van der Waals surface area (Å²) in [4.78, 5) is 31.6. The van der Waals surface area contributed by atoms with Crippen LogP contribution in [0, 0.1) is 13.8 Å². The molecule has 5 N–H and O–H groups in total. The van der Waals surface area contributed by atoms with Gasteiger partial charge in [-0.05, 0) is 56.5 Å². The number of likely N-dealkylation sites (tertiary alicyclic amines) is 1. The predicted octanol–water partition coefficient (Wildman–Crippen LogP) is 5.30. The minimum Gasteiger partial charge on any atom is -0.365 e. The van der Waals surface area contributed by atoms with Crippen LogP contribution in [0.3, 0.4) is 0 Å². The highest BCUT2D eigenvalue weighted by atomic mass is 16.2. The van der Waals surface area contributed by atoms with Crippen LogP contribution >= 0.6 is 0 Å². The number of carbonyl (C=O) groups is 2. The summed E-state index contributed by atoms with van der Waals surface area (Å²) in [7, 11) is 0. The van der Waals surface area contributed by atoms with Gasteiger partial charge in [-0.25, -0.2) is 4.79 Å². The van der Waals surface area contributed by atoms with Crippen molar-refractivity contribution in [3.05, 3.63) is 89.2 Å². The topological polar surface area (TPSA) is 129 Å². The molecule has 2 aromatic carbocycles. The van der Waals surface area contributed by atoms with Gasteiger partial charge in [0, 0.05) is 34.9 Å². The lowest BCUT2D eigenvalue weighted by Crippen LogP contribution is -2.34. The van der Waals surface area contributed by atoms with Crippen LogP contribution in [0.15, 0.2) is 66.7 Å². The Balaban J connectivity index is 1.33. The molecular formula is C28H29N7O2. The third-order valence-electron chi connectivity index (χ3n) is 6.47. The molecule has 3 heterocycles. The van der Waals surface area contributed by atoms with E-state index in [0.717, 1.165) is 35.5 Å². The Labute approximate surface area is 215 Å². The second-order valence-electron chi connectivity index (χ2n) is 9.22. The number of aryl methyl sites for hydroxylation is 2. The average molecular weight is 496 g/mol. The van der Waals surface area contributed by atoms with Crippen molar-refractivity contribution < 1.29 is 9.59 Å². The van der Waals surface area contributed by atoms with Crippen LogP contribution in [0.1, 0.15) is 46.2 Å². The lowest BCUT2D eigenvalue weighted by atomic mass is 10.1. The molecule has 0 aliphatic carbocycles. The first-order valence-corrected chi connectivity index (χ1v) is 12.2. The maximum Gasteiger partial charge on any atom is 0.322 e. The van der Waals surface area contributed by atoms with Crippen LogP contribution in [-0.2, 0) is 0 Å². The van der Waals surface area contributed by atoms with Gasteiger partial charge in [0.25, 0.3) is 5.91 Å². The molecule has 9 heteroatoms. The standard InChI is InChI=1S/C28H29N7O2/c1-17-15-22(16-18(2)30-17)31-27-24(26(29)36)25(33-34-27)20-10-12-21(13-11-20)32-28(37)35-14-6-9-23(35)19-7-4-3-5-8-19/h3-5,7-8,10-13,15-16,23H,6,9,14H2,1-2H3,(H2,29,36)(H,32,37)(H2,30,31,33,34). The van der Waals surface area contributed by atoms with Gasteiger partial charge in [-0.2, -0.15) is 5.10 Å². The van der Waals surface area contributed by atoms with Crippen molar-refractivity contribution in [3.63, 3.8) is 0 Å². The van der Waals surface area contributed by atoms with Gasteiger partial charge < -0.3 is 21.3 Å². The van der Waals surface area contributed by atoms with E-state index in [0.29, 0.717) is 29.3 Å². The molecule has 0 bridgehead atoms. The molecule has 0 saturated carbocycles. The van der Waals surface area contributed by atoms with Gasteiger partial charge in [0.05, 0.1) is 6.04 Å². The average Bonchev–Trinajstić information content (AvgIpc) is 3.52. The van der Waals surface area contributed by atoms with E-state index < -0.39 is 5.91 Å². The largest absolute Gasteiger partial charge is 0.365 e. The summed E-state index contributed by atoms with van der Waals surface area (Å²) in [5, 5.41) is 13.4. The number of nitrogens with zero attached hydrogens (tertiary/aromatic N) is 3. The minimum atomic E-state index is -0.605. The van der Waals surface area contributed by atoms with Crippen molar-refractivity contribution >= 4 is 29.1 Å². The van der Waals surface area contributed by atoms with E-state index in [1.54, 1.807) is 24.3 Å². The summed E-state index contributed by atoms with van der Waals surface area (Å²) in [6.45, 7) is 4.51. The highest BCUT2D eigenvalue weighted by molar-refractivity contribution is 6.04. The molecule has 0 spiro atoms. The number of hydrogen-bond acceptors (Lipinski definition) is 5. The van der Waals surface area contributed by atoms with Gasteiger partial charge in [0.2, 0.25) is 0 Å². The Morgan fingerprint density at radius 1 is 1.00 bits per heavy atom. The summed E-state index contributed by atoms with van der Waals surface area (Å²) in [6, 6.07) is 21.0. The minimum absolute atomic E-state index is 0.0709. The van der Waals surface area contributed by atoms with E-state index in [2.05, 4.69) is 37.9 Å². The highest BCUT2D eigenvalue weighted by Crippen LogP contribution is 2.33. The van der Waals surface area contributed by atoms with Crippen molar-refractivity contribution in [3.8, 4) is 11.3 Å². The Bertz CT molecular complexity index is 1410. The third kappa shape index (κ3) is 5.16. The number of primary amides is 1. The van der Waals surface area contributed by atoms with Crippen LogP contribution in [0.2, 0.25) is 0 Å². The maximum absolute atomic E-state index is 13.0. The van der Waals surface area contributed by atoms with E-state index in [-0.39, 0.29) is 17.6 Å². The molecule has 188 valence electrons. The summed E-state index contributed by atoms with van der Waals surface area (Å²) in [5.41, 5.74) is 11.4. The third-order valence-corrected chi connectivity index (χ3v) is 6.47. The molecule has 37 heavy (non-hydrogen) atoms. The molecule has 1 aliphatic rings. The first-order chi connectivity index (χ1) is 17.9. The number of pyridine rings is 1. The summed E-state index contributed by atoms with van der Waals surface area (Å²) < 4.78 is 0. The molecule has 0 radical (unpaired) electrons. The Kier molecular flexibility index (Phi) is 6.59. The molecule has 1 saturated heterocycles. The summed E-state index contributed by atoms with van der Waals surface area (Å²) in [5.74, 6) is -0.196. The first-order valence-electron chi connectivity index (χ1n) is 12.2. The van der Waals surface area contributed by atoms with E-state index in [9.17, 15) is 9.59 Å². The number of H-pyrrole nitrogens is 1. The number of rotatable bonds is 6. The fourth-order valence-corrected chi connectivity index (χ4v) is 4.87. The smallest absolute Gasteiger partial charge is 0.322 e. The van der Waals surface area contributed by atoms with Crippen LogP contribution in [0.25, 0.3) is 11.3 Å². The quantitative estimate of drug-likeness (QED) is 0.288. The van der Waals surface area contributed by atoms with Crippen LogP contribution in [0.4, 0.5) is 22.0 Å². The Hall–Kier alpha value is -4.66. The zero-order valence-corrected chi connectivity index (χ0v) is 20.8. The van der Waals surface area contributed by atoms with Gasteiger partial charge in [0.1, 0.15) is 17.1 Å². The number of urea groups is 1. The summed E-state index contributed by atoms with van der Waals surface area (Å²) in [6.07, 6.45) is 1.91. The fraction of sp³-hybridized carbons (Fsp3) is 0.214. The maximum atomic E-state index is 13.0. The number of nitrogens with one attached hydrogen (secondary N) is 3. The van der Waals surface area contributed by atoms with Gasteiger partial charge in [-0.15, -0.1) is 0 Å². The number of amides is 3. The molecule has 1 fully saturated rings. The molecule has 3 amide bonds. The second-order valence-corrected chi connectivity index (χ2v) is 9.22. The number of aromatic nitrogens is 3. The Morgan fingerprint density at radius 2 is 1.70 bits per heavy atom. The molecular weight excluding hydrogens is 466 g/mol. The van der Waals surface area contributed by atoms with Crippen molar-refractivity contribution in [2.45, 2.75) is 32.7 Å². The molecule has 4 aromatic rings. The van der Waals surface area contributed by atoms with Crippen LogP contribution in [0.5, 0.6) is 0 Å². The van der Waals surface area contributed by atoms with Crippen LogP contribution < -0.4 is 16.4 Å². The van der Waals surface area contributed by atoms with E-state index in [4.69, 9.17) is 5.73 Å². The fourth-order valence-electron chi connectivity index (χ4n) is 4.87. The number of anilines is 3. The summed E-state index contributed by atoms with van der Waals surface area (Å²) >= 11 is 0. The lowest BCUT2D eigenvalue weighted by Gasteiger charge is -2.25. The highest BCUT2D eigenvalue weighted by Gasteiger charge is 2.30. The molecule has 1 aliphatic heterocycles. The monoisotopic (exact) mass is 495 g/mol. The van der Waals surface area contributed by atoms with Gasteiger partial charge >= 0.3 is 6.03 Å². The van der Waals surface area contributed by atoms with E-state index in [1.807, 2.05) is 49.1 Å². The number of aromatic amines is 1. The number of nitrogens with two attached hydrogens (primary N) is 1.